The monoisotopic (exact) mass is 427 g/mol. The quantitative estimate of drug-likeness (QED) is 0.478. The molecule has 0 fully saturated rings. The van der Waals surface area contributed by atoms with Crippen LogP contribution in [0.5, 0.6) is 0 Å². The van der Waals surface area contributed by atoms with Crippen LogP contribution in [0.15, 0.2) is 4.94 Å². The summed E-state index contributed by atoms with van der Waals surface area (Å²) in [6, 6.07) is 0. The van der Waals surface area contributed by atoms with Crippen molar-refractivity contribution >= 4 is 14.5 Å². The Morgan fingerprint density at radius 2 is 1.71 bits per heavy atom. The van der Waals surface area contributed by atoms with Crippen LogP contribution in [-0.4, -0.2) is 14.5 Å². The minimum atomic E-state index is 0. The van der Waals surface area contributed by atoms with Crippen molar-refractivity contribution < 1.29 is 21.1 Å². The van der Waals surface area contributed by atoms with E-state index >= 15 is 0 Å². The van der Waals surface area contributed by atoms with Crippen molar-refractivity contribution in [3.05, 3.63) is 26.4 Å². The molecule has 0 atom stereocenters. The van der Waals surface area contributed by atoms with Gasteiger partial charge in [0.2, 0.25) is 0 Å². The van der Waals surface area contributed by atoms with Crippen molar-refractivity contribution in [1.82, 2.24) is 0 Å². The first kappa shape index (κ1) is 14.6. The van der Waals surface area contributed by atoms with Gasteiger partial charge in [0.25, 0.3) is 0 Å². The van der Waals surface area contributed by atoms with Crippen molar-refractivity contribution in [2.45, 2.75) is 47.0 Å². The number of hydrogen-bond donors (Lipinski definition) is 0. The predicted molar refractivity (Wildman–Crippen MR) is 60.5 cm³/mol. The van der Waals surface area contributed by atoms with E-state index in [1.54, 1.807) is 10.0 Å². The Bertz CT molecular complexity index is 292. The van der Waals surface area contributed by atoms with E-state index in [1.165, 1.54) is 11.5 Å². The summed E-state index contributed by atoms with van der Waals surface area (Å²) >= 11 is 0.606. The Hall–Kier alpha value is 0.558. The molecule has 0 aliphatic heterocycles. The third kappa shape index (κ3) is 3.02. The third-order valence-corrected chi connectivity index (χ3v) is 4.18. The minimum absolute atomic E-state index is 0. The first-order chi connectivity index (χ1) is 5.84. The average Bonchev–Trinajstić information content (AvgIpc) is 2.28. The van der Waals surface area contributed by atoms with E-state index in [0.29, 0.717) is 19.9 Å². The summed E-state index contributed by atoms with van der Waals surface area (Å²) in [6.45, 7) is 13.6. The van der Waals surface area contributed by atoms with Gasteiger partial charge in [0.15, 0.2) is 0 Å². The molecule has 1 rings (SSSR count). The largest absolute Gasteiger partial charge is 0 e. The van der Waals surface area contributed by atoms with Crippen molar-refractivity contribution in [2.75, 3.05) is 0 Å². The fourth-order valence-electron chi connectivity index (χ4n) is 1.75. The van der Waals surface area contributed by atoms with Gasteiger partial charge in [-0.1, -0.05) is 0 Å². The Balaban J connectivity index is 0.00000169. The molecule has 0 N–H and O–H groups in total. The second kappa shape index (κ2) is 5.06. The van der Waals surface area contributed by atoms with E-state index in [4.69, 9.17) is 0 Å². The molecular formula is C12H19SeW-. The first-order valence-electron chi connectivity index (χ1n) is 4.73. The van der Waals surface area contributed by atoms with E-state index in [1.807, 2.05) is 0 Å². The summed E-state index contributed by atoms with van der Waals surface area (Å²) in [7, 11) is 0. The predicted octanol–water partition coefficient (Wildman–Crippen LogP) is 3.31. The molecule has 0 aliphatic carbocycles. The van der Waals surface area contributed by atoms with Crippen LogP contribution >= 0.6 is 0 Å². The fraction of sp³-hybridized carbons (Fsp3) is 0.583. The van der Waals surface area contributed by atoms with Crippen LogP contribution in [0.25, 0.3) is 0 Å². The summed E-state index contributed by atoms with van der Waals surface area (Å²) in [4.78, 5) is 2.43. The molecule has 80 valence electrons. The second-order valence-electron chi connectivity index (χ2n) is 4.83. The van der Waals surface area contributed by atoms with Crippen LogP contribution in [0.3, 0.4) is 0 Å². The topological polar surface area (TPSA) is 0 Å². The number of rotatable bonds is 1. The Kier molecular flexibility index (Phi) is 5.26. The van der Waals surface area contributed by atoms with Gasteiger partial charge in [0.05, 0.1) is 0 Å². The summed E-state index contributed by atoms with van der Waals surface area (Å²) in [5, 5.41) is 0. The van der Waals surface area contributed by atoms with E-state index < -0.39 is 0 Å². The minimum Gasteiger partial charge on any atom is 0 e. The van der Waals surface area contributed by atoms with Gasteiger partial charge in [0, 0.05) is 21.1 Å². The smallest absolute Gasteiger partial charge is 0 e. The van der Waals surface area contributed by atoms with E-state index in [2.05, 4.69) is 46.5 Å². The van der Waals surface area contributed by atoms with Crippen molar-refractivity contribution in [1.29, 1.82) is 0 Å². The normalized spacial score (nSPS) is 11.0. The molecule has 1 aromatic heterocycles. The molecule has 0 aromatic carbocycles. The van der Waals surface area contributed by atoms with Gasteiger partial charge < -0.3 is 0 Å². The van der Waals surface area contributed by atoms with Crippen LogP contribution in [-0.2, 0) is 26.5 Å². The van der Waals surface area contributed by atoms with Crippen LogP contribution in [0, 0.1) is 12.8 Å². The van der Waals surface area contributed by atoms with E-state index in [0.717, 1.165) is 0 Å². The molecule has 1 heterocycles. The zero-order chi connectivity index (χ0) is 10.2. The molecule has 0 bridgehead atoms. The second-order valence-corrected chi connectivity index (χ2v) is 7.10. The summed E-state index contributed by atoms with van der Waals surface area (Å²) in [5.41, 5.74) is 3.42. The van der Waals surface area contributed by atoms with Gasteiger partial charge in [-0.25, -0.2) is 0 Å². The zero-order valence-electron chi connectivity index (χ0n) is 9.89. The van der Waals surface area contributed by atoms with Gasteiger partial charge >= 0.3 is 87.9 Å². The Morgan fingerprint density at radius 3 is 2.00 bits per heavy atom. The van der Waals surface area contributed by atoms with Crippen LogP contribution in [0.1, 0.15) is 50.2 Å². The Labute approximate surface area is 108 Å². The van der Waals surface area contributed by atoms with E-state index in [9.17, 15) is 0 Å². The SMILES string of the molecule is Cc1[se]cc([C-](C)C)c1C(C)(C)C.[W]. The summed E-state index contributed by atoms with van der Waals surface area (Å²) in [6.07, 6.45) is 0. The molecule has 0 aliphatic rings. The zero-order valence-corrected chi connectivity index (χ0v) is 14.5. The molecule has 2 heteroatoms. The fourth-order valence-corrected chi connectivity index (χ4v) is 4.24. The Morgan fingerprint density at radius 1 is 1.21 bits per heavy atom. The maximum Gasteiger partial charge on any atom is 0 e. The molecule has 0 nitrogen and oxygen atoms in total. The molecule has 0 saturated heterocycles. The third-order valence-electron chi connectivity index (χ3n) is 2.26. The summed E-state index contributed by atoms with van der Waals surface area (Å²) in [5.74, 6) is 1.46. The average molecular weight is 426 g/mol. The van der Waals surface area contributed by atoms with Gasteiger partial charge in [-0.15, -0.1) is 0 Å². The van der Waals surface area contributed by atoms with Crippen LogP contribution in [0.2, 0.25) is 0 Å². The molecule has 0 radical (unpaired) electrons. The van der Waals surface area contributed by atoms with Gasteiger partial charge in [0.1, 0.15) is 0 Å². The summed E-state index contributed by atoms with van der Waals surface area (Å²) < 4.78 is 1.61. The van der Waals surface area contributed by atoms with E-state index in [-0.39, 0.29) is 21.1 Å². The molecule has 0 spiro atoms. The molecule has 0 saturated carbocycles. The van der Waals surface area contributed by atoms with Crippen molar-refractivity contribution in [3.8, 4) is 0 Å². The number of hydrogen-bond acceptors (Lipinski definition) is 0. The van der Waals surface area contributed by atoms with Crippen LogP contribution < -0.4 is 0 Å². The van der Waals surface area contributed by atoms with Gasteiger partial charge in [-0.2, -0.15) is 0 Å². The molecule has 0 amide bonds. The molecular weight excluding hydrogens is 407 g/mol. The van der Waals surface area contributed by atoms with Crippen molar-refractivity contribution in [3.63, 3.8) is 0 Å². The molecule has 0 unspecified atom stereocenters. The van der Waals surface area contributed by atoms with Crippen LogP contribution in [0.4, 0.5) is 0 Å². The van der Waals surface area contributed by atoms with Crippen molar-refractivity contribution in [2.24, 2.45) is 0 Å². The maximum atomic E-state index is 2.43. The van der Waals surface area contributed by atoms with Gasteiger partial charge in [-0.3, -0.25) is 0 Å². The maximum absolute atomic E-state index is 2.43. The van der Waals surface area contributed by atoms with Gasteiger partial charge in [-0.05, 0) is 0 Å². The molecule has 14 heavy (non-hydrogen) atoms. The molecule has 1 aromatic rings. The standard InChI is InChI=1S/C12H19Se.W/c1-8(2)10-7-13-9(3)11(10)12(4,5)6;/h7H,1-6H3;/q-1;. The number of aryl methyl sites for hydroxylation is 1. The first-order valence-corrected chi connectivity index (χ1v) is 6.57.